The van der Waals surface area contributed by atoms with Crippen LogP contribution in [0.1, 0.15) is 40.4 Å². The van der Waals surface area contributed by atoms with Crippen LogP contribution in [0.25, 0.3) is 0 Å². The summed E-state index contributed by atoms with van der Waals surface area (Å²) in [6.45, 7) is 3.39. The fourth-order valence-electron chi connectivity index (χ4n) is 3.43. The molecule has 5 nitrogen and oxygen atoms in total. The maximum absolute atomic E-state index is 13.0. The first-order valence-electron chi connectivity index (χ1n) is 8.62. The van der Waals surface area contributed by atoms with Crippen LogP contribution in [0.15, 0.2) is 55.1 Å². The molecule has 134 valence electrons. The first-order chi connectivity index (χ1) is 12.5. The molecule has 1 aliphatic carbocycles. The lowest BCUT2D eigenvalue weighted by Gasteiger charge is -2.33. The zero-order valence-corrected chi connectivity index (χ0v) is 14.7. The van der Waals surface area contributed by atoms with Gasteiger partial charge in [-0.2, -0.15) is 0 Å². The summed E-state index contributed by atoms with van der Waals surface area (Å²) in [7, 11) is 1.80. The molecule has 2 aromatic carbocycles. The molecular weight excluding hydrogens is 328 g/mol. The summed E-state index contributed by atoms with van der Waals surface area (Å²) < 4.78 is 0. The minimum Gasteiger partial charge on any atom is -0.506 e. The van der Waals surface area contributed by atoms with Crippen LogP contribution in [0.4, 0.5) is 5.69 Å². The lowest BCUT2D eigenvalue weighted by Crippen LogP contribution is -2.33. The van der Waals surface area contributed by atoms with Gasteiger partial charge in [-0.25, -0.2) is 0 Å². The van der Waals surface area contributed by atoms with Crippen molar-refractivity contribution in [1.82, 2.24) is 4.90 Å². The summed E-state index contributed by atoms with van der Waals surface area (Å²) in [4.78, 5) is 26.2. The summed E-state index contributed by atoms with van der Waals surface area (Å²) in [6.07, 6.45) is 4.09. The van der Waals surface area contributed by atoms with E-state index in [1.54, 1.807) is 18.0 Å². The van der Waals surface area contributed by atoms with Gasteiger partial charge in [0.1, 0.15) is 5.75 Å². The quantitative estimate of drug-likeness (QED) is 0.653. The number of hydrogen-bond acceptors (Lipinski definition) is 3. The summed E-state index contributed by atoms with van der Waals surface area (Å²) in [5, 5.41) is 12.4. The first-order valence-corrected chi connectivity index (χ1v) is 8.62. The fraction of sp³-hybridized carbons (Fsp3) is 0.238. The molecular formula is C21H22N2O3. The summed E-state index contributed by atoms with van der Waals surface area (Å²) in [5.41, 5.74) is 3.08. The number of aromatic hydroxyl groups is 1. The monoisotopic (exact) mass is 350 g/mol. The maximum atomic E-state index is 13.0. The number of carbonyl (C=O) groups excluding carboxylic acids is 2. The molecule has 0 radical (unpaired) electrons. The smallest absolute Gasteiger partial charge is 0.254 e. The zero-order valence-electron chi connectivity index (χ0n) is 14.7. The molecule has 2 N–H and O–H groups in total. The van der Waals surface area contributed by atoms with Crippen molar-refractivity contribution in [3.05, 3.63) is 71.8 Å². The third-order valence-electron chi connectivity index (χ3n) is 4.81. The van der Waals surface area contributed by atoms with Gasteiger partial charge in [-0.05, 0) is 54.7 Å². The molecule has 0 heterocycles. The molecule has 0 aliphatic heterocycles. The molecule has 0 bridgehead atoms. The molecule has 5 heteroatoms. The number of aryl methyl sites for hydroxylation is 1. The number of rotatable bonds is 4. The minimum atomic E-state index is -0.445. The number of carbonyl (C=O) groups is 2. The van der Waals surface area contributed by atoms with Crippen molar-refractivity contribution >= 4 is 17.5 Å². The van der Waals surface area contributed by atoms with E-state index in [2.05, 4.69) is 24.0 Å². The number of hydrogen-bond donors (Lipinski definition) is 2. The van der Waals surface area contributed by atoms with E-state index >= 15 is 0 Å². The number of fused-ring (bicyclic) bond motifs is 1. The van der Waals surface area contributed by atoms with Gasteiger partial charge in [0, 0.05) is 12.6 Å². The number of benzene rings is 2. The van der Waals surface area contributed by atoms with E-state index < -0.39 is 5.91 Å². The predicted molar refractivity (Wildman–Crippen MR) is 101 cm³/mol. The summed E-state index contributed by atoms with van der Waals surface area (Å²) in [5.74, 6) is -0.692. The lowest BCUT2D eigenvalue weighted by molar-refractivity contribution is -0.111. The minimum absolute atomic E-state index is 0.0208. The topological polar surface area (TPSA) is 69.6 Å². The second-order valence-corrected chi connectivity index (χ2v) is 6.45. The maximum Gasteiger partial charge on any atom is 0.254 e. The first kappa shape index (κ1) is 17.7. The number of phenols is 1. The van der Waals surface area contributed by atoms with Crippen molar-refractivity contribution in [2.75, 3.05) is 12.4 Å². The summed E-state index contributed by atoms with van der Waals surface area (Å²) in [6, 6.07) is 12.7. The zero-order chi connectivity index (χ0) is 18.7. The average Bonchev–Trinajstić information content (AvgIpc) is 2.68. The highest BCUT2D eigenvalue weighted by Gasteiger charge is 2.27. The van der Waals surface area contributed by atoms with Gasteiger partial charge < -0.3 is 15.3 Å². The Morgan fingerprint density at radius 3 is 2.81 bits per heavy atom. The van der Waals surface area contributed by atoms with Crippen molar-refractivity contribution in [3.63, 3.8) is 0 Å². The number of phenolic OH excluding ortho intramolecular Hbond substituents is 1. The van der Waals surface area contributed by atoms with Crippen LogP contribution in [0.3, 0.4) is 0 Å². The third-order valence-corrected chi connectivity index (χ3v) is 4.81. The van der Waals surface area contributed by atoms with E-state index in [-0.39, 0.29) is 23.4 Å². The second kappa shape index (κ2) is 7.44. The van der Waals surface area contributed by atoms with Crippen molar-refractivity contribution < 1.29 is 14.7 Å². The SMILES string of the molecule is C=CC(=O)Nc1cc(C(=O)N(C)C2CCCc3ccccc32)ccc1O. The number of nitrogens with zero attached hydrogens (tertiary/aromatic N) is 1. The van der Waals surface area contributed by atoms with E-state index in [1.165, 1.54) is 23.3 Å². The Labute approximate surface area is 153 Å². The molecule has 3 rings (SSSR count). The molecule has 0 spiro atoms. The van der Waals surface area contributed by atoms with E-state index in [1.807, 2.05) is 12.1 Å². The van der Waals surface area contributed by atoms with Crippen LogP contribution in [0.2, 0.25) is 0 Å². The van der Waals surface area contributed by atoms with Gasteiger partial charge in [-0.3, -0.25) is 9.59 Å². The predicted octanol–water partition coefficient (Wildman–Crippen LogP) is 3.67. The molecule has 0 aromatic heterocycles. The molecule has 2 amide bonds. The highest BCUT2D eigenvalue weighted by Crippen LogP contribution is 2.34. The highest BCUT2D eigenvalue weighted by molar-refractivity contribution is 6.02. The van der Waals surface area contributed by atoms with Crippen molar-refractivity contribution in [3.8, 4) is 5.75 Å². The Bertz CT molecular complexity index is 860. The Morgan fingerprint density at radius 2 is 2.04 bits per heavy atom. The Balaban J connectivity index is 1.87. The molecule has 26 heavy (non-hydrogen) atoms. The lowest BCUT2D eigenvalue weighted by atomic mass is 9.87. The van der Waals surface area contributed by atoms with Crippen LogP contribution < -0.4 is 5.32 Å². The Morgan fingerprint density at radius 1 is 1.27 bits per heavy atom. The molecule has 0 saturated carbocycles. The van der Waals surface area contributed by atoms with Crippen LogP contribution in [0, 0.1) is 0 Å². The Hall–Kier alpha value is -3.08. The number of amides is 2. The molecule has 2 aromatic rings. The van der Waals surface area contributed by atoms with Crippen LogP contribution in [-0.2, 0) is 11.2 Å². The molecule has 0 fully saturated rings. The molecule has 1 unspecified atom stereocenters. The fourth-order valence-corrected chi connectivity index (χ4v) is 3.43. The molecule has 1 atom stereocenters. The Kier molecular flexibility index (Phi) is 5.07. The second-order valence-electron chi connectivity index (χ2n) is 6.45. The standard InChI is InChI=1S/C21H22N2O3/c1-3-20(25)22-17-13-15(11-12-19(17)24)21(26)23(2)18-10-6-8-14-7-4-5-9-16(14)18/h3-5,7,9,11-13,18,24H,1,6,8,10H2,2H3,(H,22,25). The molecule has 1 aliphatic rings. The van der Waals surface area contributed by atoms with Gasteiger partial charge >= 0.3 is 0 Å². The third kappa shape index (κ3) is 3.47. The molecule has 0 saturated heterocycles. The van der Waals surface area contributed by atoms with E-state index in [4.69, 9.17) is 0 Å². The van der Waals surface area contributed by atoms with Gasteiger partial charge in [0.05, 0.1) is 11.7 Å². The van der Waals surface area contributed by atoms with Crippen LogP contribution in [0.5, 0.6) is 5.75 Å². The van der Waals surface area contributed by atoms with Crippen molar-refractivity contribution in [2.45, 2.75) is 25.3 Å². The van der Waals surface area contributed by atoms with Crippen LogP contribution in [-0.4, -0.2) is 28.9 Å². The van der Waals surface area contributed by atoms with Gasteiger partial charge in [-0.15, -0.1) is 0 Å². The number of nitrogens with one attached hydrogen (secondary N) is 1. The van der Waals surface area contributed by atoms with E-state index in [0.29, 0.717) is 5.56 Å². The largest absolute Gasteiger partial charge is 0.506 e. The van der Waals surface area contributed by atoms with E-state index in [0.717, 1.165) is 25.3 Å². The van der Waals surface area contributed by atoms with E-state index in [9.17, 15) is 14.7 Å². The highest BCUT2D eigenvalue weighted by atomic mass is 16.3. The van der Waals surface area contributed by atoms with Crippen LogP contribution >= 0.6 is 0 Å². The van der Waals surface area contributed by atoms with Gasteiger partial charge in [0.15, 0.2) is 0 Å². The van der Waals surface area contributed by atoms with Gasteiger partial charge in [-0.1, -0.05) is 30.8 Å². The normalized spacial score (nSPS) is 15.7. The van der Waals surface area contributed by atoms with Gasteiger partial charge in [0.2, 0.25) is 5.91 Å². The average molecular weight is 350 g/mol. The number of anilines is 1. The van der Waals surface area contributed by atoms with Gasteiger partial charge in [0.25, 0.3) is 5.91 Å². The summed E-state index contributed by atoms with van der Waals surface area (Å²) >= 11 is 0. The van der Waals surface area contributed by atoms with Crippen molar-refractivity contribution in [2.24, 2.45) is 0 Å². The van der Waals surface area contributed by atoms with Crippen molar-refractivity contribution in [1.29, 1.82) is 0 Å².